The molecule has 3 heterocycles. The fourth-order valence-electron chi connectivity index (χ4n) is 5.65. The van der Waals surface area contributed by atoms with Crippen LogP contribution in [0.25, 0.3) is 5.00 Å². The Kier molecular flexibility index (Phi) is 5.69. The highest BCUT2D eigenvalue weighted by Gasteiger charge is 2.40. The molecule has 1 aliphatic heterocycles. The van der Waals surface area contributed by atoms with Gasteiger partial charge in [0.05, 0.1) is 12.6 Å². The molecule has 10 heteroatoms. The quantitative estimate of drug-likeness (QED) is 0.519. The first-order valence-electron chi connectivity index (χ1n) is 12.0. The van der Waals surface area contributed by atoms with E-state index >= 15 is 0 Å². The number of hydrogen-bond acceptors (Lipinski definition) is 5. The second-order valence-electron chi connectivity index (χ2n) is 9.80. The van der Waals surface area contributed by atoms with Gasteiger partial charge in [-0.2, -0.15) is 0 Å². The molecule has 6 rings (SSSR count). The smallest absolute Gasteiger partial charge is 0.248 e. The normalized spacial score (nSPS) is 23.3. The standard InChI is InChI=1S/C25H26ClF2N5OS/c1-13-31-32-20-12-29-22(16-4-2-3-5-18(16)26)21-17-10-14(11-19(17)35-24(21)33(13)20)23(34)30-15-6-8-25(27,28)9-7-15/h2-5,14-15,22,29H,6-12H2,1H3,(H,30,34)/t14-,22-/m1/s1. The predicted molar refractivity (Wildman–Crippen MR) is 130 cm³/mol. The molecule has 2 aromatic heterocycles. The third kappa shape index (κ3) is 4.07. The molecule has 2 N–H and O–H groups in total. The second kappa shape index (κ2) is 8.64. The SMILES string of the molecule is Cc1nnc2n1-c1sc3c(c1[C@@H](c1ccccc1Cl)NC2)C[C@@H](C(=O)NC1CCC(F)(F)CC1)C3. The highest BCUT2D eigenvalue weighted by atomic mass is 35.5. The number of benzene rings is 1. The number of nitrogens with one attached hydrogen (secondary N) is 2. The minimum Gasteiger partial charge on any atom is -0.353 e. The van der Waals surface area contributed by atoms with Gasteiger partial charge in [0.2, 0.25) is 11.8 Å². The molecule has 1 aromatic carbocycles. The van der Waals surface area contributed by atoms with Gasteiger partial charge in [-0.3, -0.25) is 14.7 Å². The summed E-state index contributed by atoms with van der Waals surface area (Å²) in [5.74, 6) is -1.15. The van der Waals surface area contributed by atoms with Crippen molar-refractivity contribution in [2.75, 3.05) is 0 Å². The van der Waals surface area contributed by atoms with Crippen LogP contribution in [-0.4, -0.2) is 32.6 Å². The third-order valence-electron chi connectivity index (χ3n) is 7.49. The summed E-state index contributed by atoms with van der Waals surface area (Å²) in [5.41, 5.74) is 3.30. The molecule has 184 valence electrons. The Bertz CT molecular complexity index is 1300. The van der Waals surface area contributed by atoms with Crippen molar-refractivity contribution in [3.8, 4) is 5.00 Å². The van der Waals surface area contributed by atoms with E-state index in [4.69, 9.17) is 11.6 Å². The monoisotopic (exact) mass is 517 g/mol. The molecule has 0 spiro atoms. The van der Waals surface area contributed by atoms with Crippen molar-refractivity contribution in [1.82, 2.24) is 25.4 Å². The summed E-state index contributed by atoms with van der Waals surface area (Å²) in [6.07, 6.45) is 1.61. The maximum atomic E-state index is 13.5. The Morgan fingerprint density at radius 1 is 1.23 bits per heavy atom. The highest BCUT2D eigenvalue weighted by molar-refractivity contribution is 7.15. The Labute approximate surface area is 211 Å². The van der Waals surface area contributed by atoms with Crippen LogP contribution in [0.5, 0.6) is 0 Å². The van der Waals surface area contributed by atoms with Crippen LogP contribution in [0.3, 0.4) is 0 Å². The molecule has 3 aliphatic rings. The molecule has 35 heavy (non-hydrogen) atoms. The number of carbonyl (C=O) groups is 1. The lowest BCUT2D eigenvalue weighted by molar-refractivity contribution is -0.126. The van der Waals surface area contributed by atoms with Crippen LogP contribution in [0.15, 0.2) is 24.3 Å². The Hall–Kier alpha value is -2.36. The average Bonchev–Trinajstić information content (AvgIpc) is 3.46. The molecule has 0 bridgehead atoms. The molecule has 0 radical (unpaired) electrons. The van der Waals surface area contributed by atoms with Crippen molar-refractivity contribution in [3.05, 3.63) is 62.5 Å². The van der Waals surface area contributed by atoms with Crippen LogP contribution in [0.4, 0.5) is 8.78 Å². The number of amides is 1. The van der Waals surface area contributed by atoms with Gasteiger partial charge in [0, 0.05) is 40.3 Å². The van der Waals surface area contributed by atoms with E-state index in [2.05, 4.69) is 25.4 Å². The van der Waals surface area contributed by atoms with Crippen molar-refractivity contribution >= 4 is 28.8 Å². The van der Waals surface area contributed by atoms with E-state index in [0.717, 1.165) is 27.8 Å². The lowest BCUT2D eigenvalue weighted by Gasteiger charge is -2.29. The van der Waals surface area contributed by atoms with E-state index < -0.39 is 5.92 Å². The molecule has 6 nitrogen and oxygen atoms in total. The molecule has 3 aromatic rings. The number of rotatable bonds is 3. The van der Waals surface area contributed by atoms with E-state index in [9.17, 15) is 13.6 Å². The van der Waals surface area contributed by atoms with E-state index in [1.54, 1.807) is 11.3 Å². The van der Waals surface area contributed by atoms with Gasteiger partial charge < -0.3 is 5.32 Å². The maximum Gasteiger partial charge on any atom is 0.248 e. The van der Waals surface area contributed by atoms with Crippen LogP contribution >= 0.6 is 22.9 Å². The van der Waals surface area contributed by atoms with E-state index in [1.165, 1.54) is 10.4 Å². The molecule has 2 atom stereocenters. The molecule has 2 aliphatic carbocycles. The van der Waals surface area contributed by atoms with Gasteiger partial charge in [0.15, 0.2) is 5.82 Å². The third-order valence-corrected chi connectivity index (χ3v) is 9.09. The summed E-state index contributed by atoms with van der Waals surface area (Å²) in [4.78, 5) is 14.3. The first-order valence-corrected chi connectivity index (χ1v) is 13.2. The molecule has 0 unspecified atom stereocenters. The van der Waals surface area contributed by atoms with Gasteiger partial charge in [-0.1, -0.05) is 29.8 Å². The van der Waals surface area contributed by atoms with E-state index in [1.807, 2.05) is 31.2 Å². The summed E-state index contributed by atoms with van der Waals surface area (Å²) in [7, 11) is 0. The van der Waals surface area contributed by atoms with Gasteiger partial charge in [-0.05, 0) is 49.8 Å². The number of nitrogens with zero attached hydrogens (tertiary/aromatic N) is 3. The van der Waals surface area contributed by atoms with Crippen molar-refractivity contribution in [1.29, 1.82) is 0 Å². The zero-order valence-corrected chi connectivity index (χ0v) is 20.9. The summed E-state index contributed by atoms with van der Waals surface area (Å²) >= 11 is 8.32. The van der Waals surface area contributed by atoms with Gasteiger partial charge in [-0.15, -0.1) is 21.5 Å². The molecular weight excluding hydrogens is 492 g/mol. The number of carbonyl (C=O) groups excluding carboxylic acids is 1. The fourth-order valence-corrected chi connectivity index (χ4v) is 7.41. The van der Waals surface area contributed by atoms with Gasteiger partial charge >= 0.3 is 0 Å². The predicted octanol–water partition coefficient (Wildman–Crippen LogP) is 4.89. The largest absolute Gasteiger partial charge is 0.353 e. The number of halogens is 3. The fraction of sp³-hybridized carbons (Fsp3) is 0.480. The van der Waals surface area contributed by atoms with Crippen molar-refractivity contribution in [3.63, 3.8) is 0 Å². The minimum absolute atomic E-state index is 0.0330. The Balaban J connectivity index is 1.32. The zero-order chi connectivity index (χ0) is 24.3. The molecular formula is C25H26ClF2N5OS. The molecule has 1 saturated carbocycles. The highest BCUT2D eigenvalue weighted by Crippen LogP contribution is 2.47. The van der Waals surface area contributed by atoms with Crippen LogP contribution in [-0.2, 0) is 24.2 Å². The maximum absolute atomic E-state index is 13.5. The number of fused-ring (bicyclic) bond motifs is 5. The lowest BCUT2D eigenvalue weighted by atomic mass is 9.91. The Morgan fingerprint density at radius 3 is 2.77 bits per heavy atom. The average molecular weight is 518 g/mol. The topological polar surface area (TPSA) is 71.8 Å². The number of thiophene rings is 1. The van der Waals surface area contributed by atoms with E-state index in [0.29, 0.717) is 37.3 Å². The zero-order valence-electron chi connectivity index (χ0n) is 19.3. The van der Waals surface area contributed by atoms with E-state index in [-0.39, 0.29) is 36.8 Å². The second-order valence-corrected chi connectivity index (χ2v) is 11.3. The first-order chi connectivity index (χ1) is 16.8. The minimum atomic E-state index is -2.60. The molecule has 1 fully saturated rings. The van der Waals surface area contributed by atoms with Gasteiger partial charge in [-0.25, -0.2) is 8.78 Å². The summed E-state index contributed by atoms with van der Waals surface area (Å²) < 4.78 is 29.2. The van der Waals surface area contributed by atoms with Crippen LogP contribution in [0.1, 0.15) is 64.9 Å². The number of aromatic nitrogens is 3. The van der Waals surface area contributed by atoms with Gasteiger partial charge in [0.25, 0.3) is 0 Å². The number of aryl methyl sites for hydroxylation is 1. The van der Waals surface area contributed by atoms with Crippen LogP contribution in [0, 0.1) is 12.8 Å². The summed E-state index contributed by atoms with van der Waals surface area (Å²) in [6, 6.07) is 7.52. The number of alkyl halides is 2. The van der Waals surface area contributed by atoms with Crippen LogP contribution < -0.4 is 10.6 Å². The van der Waals surface area contributed by atoms with Crippen molar-refractivity contribution in [2.24, 2.45) is 5.92 Å². The Morgan fingerprint density at radius 2 is 2.00 bits per heavy atom. The number of hydrogen-bond donors (Lipinski definition) is 2. The summed E-state index contributed by atoms with van der Waals surface area (Å²) in [6.45, 7) is 2.49. The molecule has 0 saturated heterocycles. The lowest BCUT2D eigenvalue weighted by Crippen LogP contribution is -2.43. The molecule has 1 amide bonds. The van der Waals surface area contributed by atoms with Crippen molar-refractivity contribution in [2.45, 2.75) is 70.0 Å². The summed E-state index contributed by atoms with van der Waals surface area (Å²) in [5, 5.41) is 17.1. The first kappa shape index (κ1) is 23.1. The van der Waals surface area contributed by atoms with Crippen molar-refractivity contribution < 1.29 is 13.6 Å². The van der Waals surface area contributed by atoms with Crippen LogP contribution in [0.2, 0.25) is 5.02 Å². The van der Waals surface area contributed by atoms with Gasteiger partial charge in [0.1, 0.15) is 10.8 Å².